The van der Waals surface area contributed by atoms with Crippen LogP contribution in [0.2, 0.25) is 5.02 Å². The number of esters is 1. The molecule has 1 atom stereocenters. The fourth-order valence-electron chi connectivity index (χ4n) is 3.81. The van der Waals surface area contributed by atoms with Crippen LogP contribution in [0.1, 0.15) is 18.1 Å². The number of rotatable bonds is 6. The fraction of sp³-hybridized carbons (Fsp3) is 0.167. The number of hydrogen-bond acceptors (Lipinski definition) is 6. The molecule has 9 nitrogen and oxygen atoms in total. The number of carbonyl (C=O) groups is 1. The molecule has 2 heterocycles. The monoisotopic (exact) mass is 480 g/mol. The summed E-state index contributed by atoms with van der Waals surface area (Å²) in [5, 5.41) is 12.2. The second-order valence-corrected chi connectivity index (χ2v) is 8.02. The summed E-state index contributed by atoms with van der Waals surface area (Å²) in [7, 11) is 1.25. The Morgan fingerprint density at radius 1 is 1.18 bits per heavy atom. The van der Waals surface area contributed by atoms with Gasteiger partial charge in [0.2, 0.25) is 5.88 Å². The van der Waals surface area contributed by atoms with Gasteiger partial charge in [-0.15, -0.1) is 0 Å². The van der Waals surface area contributed by atoms with Crippen molar-refractivity contribution in [3.63, 3.8) is 0 Å². The molecule has 174 valence electrons. The summed E-state index contributed by atoms with van der Waals surface area (Å²) in [4.78, 5) is 47.3. The quantitative estimate of drug-likeness (QED) is 0.288. The predicted octanol–water partition coefficient (Wildman–Crippen LogP) is 2.96. The number of aromatic hydroxyl groups is 1. The largest absolute Gasteiger partial charge is 0.493 e. The molecule has 2 aromatic carbocycles. The van der Waals surface area contributed by atoms with E-state index in [0.29, 0.717) is 10.7 Å². The van der Waals surface area contributed by atoms with Crippen molar-refractivity contribution >= 4 is 34.2 Å². The Balaban J connectivity index is 1.78. The van der Waals surface area contributed by atoms with Gasteiger partial charge in [0, 0.05) is 28.5 Å². The highest BCUT2D eigenvalue weighted by molar-refractivity contribution is 6.30. The van der Waals surface area contributed by atoms with Gasteiger partial charge in [0.15, 0.2) is 6.04 Å². The first-order valence-corrected chi connectivity index (χ1v) is 10.7. The van der Waals surface area contributed by atoms with Crippen LogP contribution in [0.15, 0.2) is 69.3 Å². The number of ether oxygens (including phenoxy) is 1. The Morgan fingerprint density at radius 3 is 2.59 bits per heavy atom. The van der Waals surface area contributed by atoms with Crippen LogP contribution in [0.5, 0.6) is 5.88 Å². The zero-order chi connectivity index (χ0) is 24.4. The topological polar surface area (TPSA) is 130 Å². The maximum atomic E-state index is 12.6. The third-order valence-electron chi connectivity index (χ3n) is 5.44. The molecule has 0 aliphatic heterocycles. The summed E-state index contributed by atoms with van der Waals surface area (Å²) >= 11 is 5.91. The van der Waals surface area contributed by atoms with Gasteiger partial charge >= 0.3 is 11.7 Å². The van der Waals surface area contributed by atoms with Crippen LogP contribution in [0.4, 0.5) is 0 Å². The van der Waals surface area contributed by atoms with Crippen LogP contribution in [0, 0.1) is 0 Å². The summed E-state index contributed by atoms with van der Waals surface area (Å²) in [6, 6.07) is 12.8. The molecule has 0 unspecified atom stereocenters. The fourth-order valence-corrected chi connectivity index (χ4v) is 3.93. The standard InChI is InChI=1S/C24H21ClN4O5/c1-13(20-21(30)28-24(33)29(22(20)31)16-9-7-15(25)8-10-16)27-19(23(32)34-2)11-14-12-26-18-6-4-3-5-17(14)18/h3-10,12,19,26,31H,11H2,1-2H3,(H,28,30,33)/t19-/m0/s1. The highest BCUT2D eigenvalue weighted by atomic mass is 35.5. The first kappa shape index (κ1) is 23.1. The number of nitrogens with one attached hydrogen (secondary N) is 2. The first-order valence-electron chi connectivity index (χ1n) is 10.3. The van der Waals surface area contributed by atoms with E-state index < -0.39 is 29.1 Å². The number of aromatic amines is 2. The lowest BCUT2D eigenvalue weighted by Gasteiger charge is -2.14. The number of carbonyl (C=O) groups excluding carboxylic acids is 1. The SMILES string of the molecule is COC(=O)[C@H](Cc1c[nH]c2ccccc12)N=C(C)c1c(O)n(-c2ccc(Cl)cc2)c(=O)[nH]c1=O. The lowest BCUT2D eigenvalue weighted by molar-refractivity contribution is -0.142. The minimum atomic E-state index is -0.987. The molecular weight excluding hydrogens is 460 g/mol. The van der Waals surface area contributed by atoms with Crippen LogP contribution in [0.25, 0.3) is 16.6 Å². The molecule has 4 aromatic rings. The summed E-state index contributed by atoms with van der Waals surface area (Å²) < 4.78 is 5.85. The molecule has 0 bridgehead atoms. The Kier molecular flexibility index (Phi) is 6.38. The molecule has 0 amide bonds. The highest BCUT2D eigenvalue weighted by Crippen LogP contribution is 2.22. The van der Waals surface area contributed by atoms with Crippen molar-refractivity contribution in [3.8, 4) is 11.6 Å². The first-order chi connectivity index (χ1) is 16.3. The number of aromatic nitrogens is 3. The molecule has 2 aromatic heterocycles. The van der Waals surface area contributed by atoms with E-state index in [2.05, 4.69) is 15.0 Å². The molecule has 0 saturated carbocycles. The molecule has 3 N–H and O–H groups in total. The highest BCUT2D eigenvalue weighted by Gasteiger charge is 2.24. The zero-order valence-corrected chi connectivity index (χ0v) is 19.1. The minimum Gasteiger partial charge on any atom is -0.493 e. The average Bonchev–Trinajstić information content (AvgIpc) is 3.22. The average molecular weight is 481 g/mol. The van der Waals surface area contributed by atoms with Crippen molar-refractivity contribution in [1.29, 1.82) is 0 Å². The number of H-pyrrole nitrogens is 2. The molecule has 0 fully saturated rings. The number of nitrogens with zero attached hydrogens (tertiary/aromatic N) is 2. The van der Waals surface area contributed by atoms with Gasteiger partial charge in [-0.25, -0.2) is 14.2 Å². The van der Waals surface area contributed by atoms with E-state index in [4.69, 9.17) is 16.3 Å². The molecule has 0 radical (unpaired) electrons. The molecule has 10 heteroatoms. The number of hydrogen-bond donors (Lipinski definition) is 3. The Hall–Kier alpha value is -4.11. The van der Waals surface area contributed by atoms with Gasteiger partial charge in [-0.1, -0.05) is 29.8 Å². The van der Waals surface area contributed by atoms with Crippen molar-refractivity contribution in [2.24, 2.45) is 4.99 Å². The second-order valence-electron chi connectivity index (χ2n) is 7.59. The van der Waals surface area contributed by atoms with Crippen molar-refractivity contribution in [1.82, 2.24) is 14.5 Å². The maximum absolute atomic E-state index is 12.6. The van der Waals surface area contributed by atoms with Crippen LogP contribution in [0.3, 0.4) is 0 Å². The van der Waals surface area contributed by atoms with E-state index in [1.165, 1.54) is 26.2 Å². The number of fused-ring (bicyclic) bond motifs is 1. The van der Waals surface area contributed by atoms with E-state index in [-0.39, 0.29) is 17.7 Å². The molecule has 0 aliphatic rings. The summed E-state index contributed by atoms with van der Waals surface area (Å²) in [6.45, 7) is 1.48. The van der Waals surface area contributed by atoms with E-state index in [1.54, 1.807) is 18.3 Å². The predicted molar refractivity (Wildman–Crippen MR) is 129 cm³/mol. The minimum absolute atomic E-state index is 0.0664. The molecule has 34 heavy (non-hydrogen) atoms. The Labute approximate surface area is 198 Å². The third kappa shape index (κ3) is 4.38. The van der Waals surface area contributed by atoms with Gasteiger partial charge < -0.3 is 14.8 Å². The Morgan fingerprint density at radius 2 is 1.88 bits per heavy atom. The summed E-state index contributed by atoms with van der Waals surface area (Å²) in [6.07, 6.45) is 1.99. The van der Waals surface area contributed by atoms with E-state index >= 15 is 0 Å². The number of para-hydroxylation sites is 1. The van der Waals surface area contributed by atoms with Crippen LogP contribution in [-0.2, 0) is 16.0 Å². The van der Waals surface area contributed by atoms with Gasteiger partial charge in [-0.05, 0) is 42.8 Å². The van der Waals surface area contributed by atoms with Crippen LogP contribution < -0.4 is 11.2 Å². The van der Waals surface area contributed by atoms with E-state index in [9.17, 15) is 19.5 Å². The van der Waals surface area contributed by atoms with Gasteiger partial charge in [0.05, 0.1) is 18.5 Å². The Bertz CT molecular complexity index is 1520. The lowest BCUT2D eigenvalue weighted by atomic mass is 10.0. The van der Waals surface area contributed by atoms with Crippen molar-refractivity contribution in [2.45, 2.75) is 19.4 Å². The van der Waals surface area contributed by atoms with Crippen molar-refractivity contribution in [2.75, 3.05) is 7.11 Å². The number of methoxy groups -OCH3 is 1. The van der Waals surface area contributed by atoms with Gasteiger partial charge in [-0.3, -0.25) is 14.8 Å². The van der Waals surface area contributed by atoms with E-state index in [1.807, 2.05) is 24.3 Å². The molecule has 0 aliphatic carbocycles. The molecule has 0 saturated heterocycles. The van der Waals surface area contributed by atoms with Crippen LogP contribution in [-0.4, -0.2) is 44.5 Å². The molecule has 0 spiro atoms. The van der Waals surface area contributed by atoms with Crippen molar-refractivity contribution in [3.05, 3.63) is 91.7 Å². The number of halogens is 1. The van der Waals surface area contributed by atoms with Crippen LogP contribution >= 0.6 is 11.6 Å². The summed E-state index contributed by atoms with van der Waals surface area (Å²) in [5.74, 6) is -1.21. The summed E-state index contributed by atoms with van der Waals surface area (Å²) in [5.41, 5.74) is 0.215. The maximum Gasteiger partial charge on any atom is 0.335 e. The number of benzene rings is 2. The smallest absolute Gasteiger partial charge is 0.335 e. The molecular formula is C24H21ClN4O5. The van der Waals surface area contributed by atoms with Crippen molar-refractivity contribution < 1.29 is 14.6 Å². The number of aliphatic imine (C=N–C) groups is 1. The molecule has 4 rings (SSSR count). The third-order valence-corrected chi connectivity index (χ3v) is 5.70. The van der Waals surface area contributed by atoms with Gasteiger partial charge in [0.25, 0.3) is 5.56 Å². The van der Waals surface area contributed by atoms with Gasteiger partial charge in [-0.2, -0.15) is 0 Å². The second kappa shape index (κ2) is 9.40. The lowest BCUT2D eigenvalue weighted by Crippen LogP contribution is -2.33. The van der Waals surface area contributed by atoms with E-state index in [0.717, 1.165) is 21.0 Å². The van der Waals surface area contributed by atoms with Gasteiger partial charge in [0.1, 0.15) is 5.56 Å². The zero-order valence-electron chi connectivity index (χ0n) is 18.3. The normalized spacial score (nSPS) is 12.6.